The number of ether oxygens (including phenoxy) is 1. The summed E-state index contributed by atoms with van der Waals surface area (Å²) in [7, 11) is 1.49. The molecule has 0 N–H and O–H groups in total. The van der Waals surface area contributed by atoms with Crippen LogP contribution in [0.3, 0.4) is 0 Å². The van der Waals surface area contributed by atoms with E-state index in [1.165, 1.54) is 7.11 Å². The van der Waals surface area contributed by atoms with Crippen LogP contribution in [0.2, 0.25) is 5.02 Å². The minimum atomic E-state index is -1.21. The first-order valence-corrected chi connectivity index (χ1v) is 6.18. The predicted molar refractivity (Wildman–Crippen MR) is 68.1 cm³/mol. The fourth-order valence-electron chi connectivity index (χ4n) is 2.16. The van der Waals surface area contributed by atoms with Gasteiger partial charge in [0.2, 0.25) is 5.79 Å². The van der Waals surface area contributed by atoms with Gasteiger partial charge in [0.15, 0.2) is 0 Å². The van der Waals surface area contributed by atoms with Gasteiger partial charge in [-0.25, -0.2) is 0 Å². The van der Waals surface area contributed by atoms with E-state index in [1.54, 1.807) is 0 Å². The molecule has 17 heavy (non-hydrogen) atoms. The molecule has 0 aliphatic carbocycles. The number of hydrogen-bond acceptors (Lipinski definition) is 2. The van der Waals surface area contributed by atoms with Crippen molar-refractivity contribution in [3.63, 3.8) is 0 Å². The molecule has 0 atom stereocenters. The number of benzene rings is 1. The van der Waals surface area contributed by atoms with E-state index in [1.807, 2.05) is 25.1 Å². The van der Waals surface area contributed by atoms with Crippen molar-refractivity contribution >= 4 is 17.3 Å². The maximum absolute atomic E-state index is 11.9. The number of halogens is 1. The maximum Gasteiger partial charge on any atom is 0.204 e. The van der Waals surface area contributed by atoms with E-state index >= 15 is 0 Å². The second-order valence-corrected chi connectivity index (χ2v) is 4.96. The van der Waals surface area contributed by atoms with E-state index in [9.17, 15) is 5.11 Å². The van der Waals surface area contributed by atoms with Crippen LogP contribution in [0.15, 0.2) is 18.2 Å². The van der Waals surface area contributed by atoms with Gasteiger partial charge in [0, 0.05) is 33.0 Å². The average Bonchev–Trinajstić information content (AvgIpc) is 2.31. The number of piperidine rings is 1. The van der Waals surface area contributed by atoms with E-state index in [0.717, 1.165) is 16.3 Å². The first kappa shape index (κ1) is 12.7. The largest absolute Gasteiger partial charge is 0.370 e. The zero-order chi connectivity index (χ0) is 12.5. The van der Waals surface area contributed by atoms with Crippen LogP contribution < -0.4 is 4.90 Å². The molecule has 3 nitrogen and oxygen atoms in total. The highest BCUT2D eigenvalue weighted by Gasteiger charge is 2.34. The number of anilines is 1. The van der Waals surface area contributed by atoms with Gasteiger partial charge in [-0.05, 0) is 24.6 Å². The fourth-order valence-corrected chi connectivity index (χ4v) is 2.52. The van der Waals surface area contributed by atoms with Crippen molar-refractivity contribution in [3.05, 3.63) is 28.8 Å². The van der Waals surface area contributed by atoms with Gasteiger partial charge in [-0.3, -0.25) is 0 Å². The molecular weight excluding hydrogens is 238 g/mol. The van der Waals surface area contributed by atoms with Crippen LogP contribution in [-0.4, -0.2) is 26.0 Å². The second-order valence-electron chi connectivity index (χ2n) is 4.56. The van der Waals surface area contributed by atoms with Gasteiger partial charge >= 0.3 is 0 Å². The lowest BCUT2D eigenvalue weighted by molar-refractivity contribution is -0.235. The van der Waals surface area contributed by atoms with Crippen LogP contribution in [0.1, 0.15) is 18.4 Å². The van der Waals surface area contributed by atoms with Crippen LogP contribution >= 0.6 is 11.6 Å². The summed E-state index contributed by atoms with van der Waals surface area (Å²) in [4.78, 5) is 2.15. The Morgan fingerprint density at radius 1 is 1.35 bits per heavy atom. The quantitative estimate of drug-likeness (QED) is 0.760. The van der Waals surface area contributed by atoms with Crippen molar-refractivity contribution in [1.29, 1.82) is 0 Å². The standard InChI is InChI=1S/C13H17ClNO2/c1-10-3-4-12(11(14)9-10)15-7-5-13(16,17-2)6-8-15/h3-4,9H,5-8H2,1-2H3. The smallest absolute Gasteiger partial charge is 0.204 e. The Morgan fingerprint density at radius 3 is 2.53 bits per heavy atom. The Balaban J connectivity index is 2.10. The minimum Gasteiger partial charge on any atom is -0.370 e. The molecule has 1 radical (unpaired) electrons. The SMILES string of the molecule is COC1([O])CCN(c2ccc(C)cc2Cl)CC1. The Hall–Kier alpha value is -0.770. The molecule has 1 aromatic carbocycles. The number of methoxy groups -OCH3 is 1. The van der Waals surface area contributed by atoms with E-state index in [2.05, 4.69) is 4.90 Å². The van der Waals surface area contributed by atoms with Crippen LogP contribution in [0.4, 0.5) is 5.69 Å². The van der Waals surface area contributed by atoms with Gasteiger partial charge in [0.1, 0.15) is 0 Å². The van der Waals surface area contributed by atoms with Crippen molar-refractivity contribution < 1.29 is 9.84 Å². The van der Waals surface area contributed by atoms with E-state index in [-0.39, 0.29) is 0 Å². The van der Waals surface area contributed by atoms with Gasteiger partial charge in [-0.2, -0.15) is 5.11 Å². The van der Waals surface area contributed by atoms with Crippen molar-refractivity contribution in [3.8, 4) is 0 Å². The molecule has 0 unspecified atom stereocenters. The van der Waals surface area contributed by atoms with Crippen molar-refractivity contribution in [1.82, 2.24) is 0 Å². The molecule has 0 saturated carbocycles. The molecule has 0 bridgehead atoms. The monoisotopic (exact) mass is 254 g/mol. The highest BCUT2D eigenvalue weighted by molar-refractivity contribution is 6.33. The van der Waals surface area contributed by atoms with Gasteiger partial charge in [0.05, 0.1) is 10.7 Å². The molecule has 1 heterocycles. The maximum atomic E-state index is 11.9. The van der Waals surface area contributed by atoms with Crippen LogP contribution in [-0.2, 0) is 9.84 Å². The van der Waals surface area contributed by atoms with E-state index in [0.29, 0.717) is 25.9 Å². The third-order valence-corrected chi connectivity index (χ3v) is 3.64. The predicted octanol–water partition coefficient (Wildman–Crippen LogP) is 3.02. The summed E-state index contributed by atoms with van der Waals surface area (Å²) in [5, 5.41) is 12.7. The lowest BCUT2D eigenvalue weighted by Gasteiger charge is -2.37. The van der Waals surface area contributed by atoms with Crippen LogP contribution in [0.25, 0.3) is 0 Å². The molecule has 1 saturated heterocycles. The Bertz CT molecular complexity index is 400. The highest BCUT2D eigenvalue weighted by atomic mass is 35.5. The van der Waals surface area contributed by atoms with Crippen molar-refractivity contribution in [2.75, 3.05) is 25.1 Å². The molecule has 1 fully saturated rings. The molecule has 1 aromatic rings. The zero-order valence-corrected chi connectivity index (χ0v) is 11.0. The number of hydrogen-bond donors (Lipinski definition) is 0. The van der Waals surface area contributed by atoms with Gasteiger partial charge < -0.3 is 9.64 Å². The summed E-state index contributed by atoms with van der Waals surface area (Å²) in [5.74, 6) is -1.21. The summed E-state index contributed by atoms with van der Waals surface area (Å²) < 4.78 is 5.00. The van der Waals surface area contributed by atoms with Crippen molar-refractivity contribution in [2.45, 2.75) is 25.6 Å². The lowest BCUT2D eigenvalue weighted by atomic mass is 10.0. The van der Waals surface area contributed by atoms with Crippen LogP contribution in [0.5, 0.6) is 0 Å². The normalized spacial score (nSPS) is 19.4. The van der Waals surface area contributed by atoms with Gasteiger partial charge in [-0.15, -0.1) is 0 Å². The molecule has 0 aromatic heterocycles. The third-order valence-electron chi connectivity index (χ3n) is 3.34. The molecule has 1 aliphatic heterocycles. The molecule has 93 valence electrons. The lowest BCUT2D eigenvalue weighted by Crippen LogP contribution is -2.44. The fraction of sp³-hybridized carbons (Fsp3) is 0.538. The summed E-state index contributed by atoms with van der Waals surface area (Å²) in [5.41, 5.74) is 2.15. The van der Waals surface area contributed by atoms with Crippen LogP contribution in [0, 0.1) is 6.92 Å². The average molecular weight is 255 g/mol. The molecule has 0 amide bonds. The summed E-state index contributed by atoms with van der Waals surface area (Å²) in [6.45, 7) is 3.40. The molecule has 4 heteroatoms. The minimum absolute atomic E-state index is 0.494. The topological polar surface area (TPSA) is 32.4 Å². The van der Waals surface area contributed by atoms with E-state index < -0.39 is 5.79 Å². The van der Waals surface area contributed by atoms with Gasteiger partial charge in [0.25, 0.3) is 0 Å². The highest BCUT2D eigenvalue weighted by Crippen LogP contribution is 2.32. The van der Waals surface area contributed by atoms with Crippen molar-refractivity contribution in [2.24, 2.45) is 0 Å². The zero-order valence-electron chi connectivity index (χ0n) is 10.2. The molecule has 2 rings (SSSR count). The number of aryl methyl sites for hydroxylation is 1. The third kappa shape index (κ3) is 2.73. The number of rotatable bonds is 2. The van der Waals surface area contributed by atoms with E-state index in [4.69, 9.17) is 16.3 Å². The summed E-state index contributed by atoms with van der Waals surface area (Å²) in [6, 6.07) is 6.01. The Labute approximate surface area is 107 Å². The second kappa shape index (κ2) is 4.84. The van der Waals surface area contributed by atoms with Gasteiger partial charge in [-0.1, -0.05) is 17.7 Å². The first-order valence-electron chi connectivity index (χ1n) is 5.81. The summed E-state index contributed by atoms with van der Waals surface area (Å²) in [6.07, 6.45) is 0.988. The Kier molecular flexibility index (Phi) is 3.61. The molecule has 1 aliphatic rings. The first-order chi connectivity index (χ1) is 8.04. The molecule has 0 spiro atoms. The Morgan fingerprint density at radius 2 is 2.00 bits per heavy atom. The molecular formula is C13H17ClNO2. The number of nitrogens with zero attached hydrogens (tertiary/aromatic N) is 1. The summed E-state index contributed by atoms with van der Waals surface area (Å²) >= 11 is 6.22.